The van der Waals surface area contributed by atoms with Gasteiger partial charge in [-0.25, -0.2) is 4.79 Å². The monoisotopic (exact) mass is 431 g/mol. The Balaban J connectivity index is 1.76. The highest BCUT2D eigenvalue weighted by atomic mass is 32.2. The van der Waals surface area contributed by atoms with Gasteiger partial charge < -0.3 is 4.74 Å². The minimum Gasteiger partial charge on any atom is -0.402 e. The number of hydrogen-bond acceptors (Lipinski definition) is 6. The first-order chi connectivity index (χ1) is 15.0. The van der Waals surface area contributed by atoms with Crippen LogP contribution in [-0.4, -0.2) is 20.7 Å². The van der Waals surface area contributed by atoms with Crippen LogP contribution in [0.3, 0.4) is 0 Å². The fourth-order valence-electron chi connectivity index (χ4n) is 2.94. The van der Waals surface area contributed by atoms with Gasteiger partial charge in [-0.15, -0.1) is 0 Å². The number of benzene rings is 3. The molecular formula is C23H17N3O4S. The zero-order valence-corrected chi connectivity index (χ0v) is 17.3. The third-order valence-electron chi connectivity index (χ3n) is 4.41. The van der Waals surface area contributed by atoms with Crippen molar-refractivity contribution in [3.63, 3.8) is 0 Å². The summed E-state index contributed by atoms with van der Waals surface area (Å²) in [6, 6.07) is 24.5. The number of nitrogens with zero attached hydrogens (tertiary/aromatic N) is 3. The number of nitro benzene ring substituents is 1. The summed E-state index contributed by atoms with van der Waals surface area (Å²) in [5.41, 5.74) is 1.33. The quantitative estimate of drug-likeness (QED) is 0.229. The van der Waals surface area contributed by atoms with E-state index in [0.29, 0.717) is 10.6 Å². The first-order valence-corrected chi connectivity index (χ1v) is 10.2. The molecule has 0 fully saturated rings. The lowest BCUT2D eigenvalue weighted by atomic mass is 10.2. The van der Waals surface area contributed by atoms with E-state index in [9.17, 15) is 14.9 Å². The number of ether oxygens (including phenoxy) is 1. The summed E-state index contributed by atoms with van der Waals surface area (Å²) in [7, 11) is 0. The van der Waals surface area contributed by atoms with Crippen LogP contribution in [-0.2, 0) is 0 Å². The average Bonchev–Trinajstić information content (AvgIpc) is 3.10. The van der Waals surface area contributed by atoms with Crippen LogP contribution in [0.25, 0.3) is 5.69 Å². The topological polar surface area (TPSA) is 87.3 Å². The molecule has 0 N–H and O–H groups in total. The van der Waals surface area contributed by atoms with E-state index in [4.69, 9.17) is 4.74 Å². The van der Waals surface area contributed by atoms with Gasteiger partial charge in [0.15, 0.2) is 0 Å². The van der Waals surface area contributed by atoms with Crippen LogP contribution in [0, 0.1) is 17.0 Å². The largest absolute Gasteiger partial charge is 0.402 e. The molecule has 7 nitrogen and oxygen atoms in total. The van der Waals surface area contributed by atoms with E-state index in [1.165, 1.54) is 36.0 Å². The maximum atomic E-state index is 12.9. The fourth-order valence-corrected chi connectivity index (χ4v) is 3.88. The molecule has 0 amide bonds. The lowest BCUT2D eigenvalue weighted by Crippen LogP contribution is -2.12. The van der Waals surface area contributed by atoms with E-state index in [-0.39, 0.29) is 17.1 Å². The molecule has 0 unspecified atom stereocenters. The van der Waals surface area contributed by atoms with Gasteiger partial charge in [-0.05, 0) is 37.3 Å². The van der Waals surface area contributed by atoms with Crippen LogP contribution in [0.5, 0.6) is 5.88 Å². The highest BCUT2D eigenvalue weighted by Crippen LogP contribution is 2.39. The summed E-state index contributed by atoms with van der Waals surface area (Å²) in [6.07, 6.45) is 0. The predicted octanol–water partition coefficient (Wildman–Crippen LogP) is 5.46. The predicted molar refractivity (Wildman–Crippen MR) is 117 cm³/mol. The Morgan fingerprint density at radius 1 is 1.00 bits per heavy atom. The molecule has 3 aromatic carbocycles. The molecule has 154 valence electrons. The van der Waals surface area contributed by atoms with Gasteiger partial charge in [0.05, 0.1) is 26.8 Å². The van der Waals surface area contributed by atoms with Crippen LogP contribution < -0.4 is 4.74 Å². The van der Waals surface area contributed by atoms with Crippen molar-refractivity contribution in [3.05, 3.63) is 106 Å². The number of aromatic nitrogens is 2. The molecule has 8 heteroatoms. The Hall–Kier alpha value is -3.91. The summed E-state index contributed by atoms with van der Waals surface area (Å²) in [5.74, 6) is -0.440. The van der Waals surface area contributed by atoms with Crippen molar-refractivity contribution in [1.82, 2.24) is 9.78 Å². The number of carbonyl (C=O) groups excluding carboxylic acids is 1. The van der Waals surface area contributed by atoms with Crippen molar-refractivity contribution in [3.8, 4) is 11.6 Å². The maximum absolute atomic E-state index is 12.9. The average molecular weight is 431 g/mol. The maximum Gasteiger partial charge on any atom is 0.345 e. The number of non-ortho nitro benzene ring substituents is 1. The van der Waals surface area contributed by atoms with Crippen LogP contribution in [0.1, 0.15) is 16.1 Å². The summed E-state index contributed by atoms with van der Waals surface area (Å²) in [5, 5.41) is 15.6. The van der Waals surface area contributed by atoms with E-state index in [1.54, 1.807) is 4.68 Å². The molecule has 0 aliphatic carbocycles. The molecule has 0 saturated carbocycles. The van der Waals surface area contributed by atoms with Gasteiger partial charge in [-0.2, -0.15) is 9.78 Å². The third kappa shape index (κ3) is 4.49. The number of carbonyl (C=O) groups is 1. The normalized spacial score (nSPS) is 10.6. The highest BCUT2D eigenvalue weighted by molar-refractivity contribution is 7.99. The van der Waals surface area contributed by atoms with Gasteiger partial charge in [-0.3, -0.25) is 10.1 Å². The van der Waals surface area contributed by atoms with Crippen molar-refractivity contribution < 1.29 is 14.5 Å². The summed E-state index contributed by atoms with van der Waals surface area (Å²) >= 11 is 1.43. The molecule has 0 radical (unpaired) electrons. The van der Waals surface area contributed by atoms with Crippen molar-refractivity contribution >= 4 is 23.4 Å². The highest BCUT2D eigenvalue weighted by Gasteiger charge is 2.23. The van der Waals surface area contributed by atoms with Gasteiger partial charge in [0, 0.05) is 17.0 Å². The summed E-state index contributed by atoms with van der Waals surface area (Å²) in [4.78, 5) is 25.1. The van der Waals surface area contributed by atoms with Crippen molar-refractivity contribution in [2.24, 2.45) is 0 Å². The Morgan fingerprint density at radius 2 is 1.68 bits per heavy atom. The van der Waals surface area contributed by atoms with E-state index in [0.717, 1.165) is 10.6 Å². The Morgan fingerprint density at radius 3 is 2.35 bits per heavy atom. The van der Waals surface area contributed by atoms with Crippen LogP contribution >= 0.6 is 11.8 Å². The van der Waals surface area contributed by atoms with Crippen molar-refractivity contribution in [2.45, 2.75) is 16.7 Å². The minimum atomic E-state index is -0.698. The smallest absolute Gasteiger partial charge is 0.345 e. The molecule has 4 rings (SSSR count). The van der Waals surface area contributed by atoms with Crippen molar-refractivity contribution in [1.29, 1.82) is 0 Å². The van der Waals surface area contributed by atoms with Crippen LogP contribution in [0.15, 0.2) is 94.7 Å². The molecule has 0 aliphatic heterocycles. The number of nitro groups is 1. The lowest BCUT2D eigenvalue weighted by molar-refractivity contribution is -0.384. The van der Waals surface area contributed by atoms with E-state index in [2.05, 4.69) is 5.10 Å². The molecule has 0 saturated heterocycles. The molecule has 0 atom stereocenters. The van der Waals surface area contributed by atoms with Crippen LogP contribution in [0.2, 0.25) is 0 Å². The van der Waals surface area contributed by atoms with Gasteiger partial charge >= 0.3 is 5.97 Å². The number of esters is 1. The Bertz CT molecular complexity index is 1240. The Kier molecular flexibility index (Phi) is 5.81. The lowest BCUT2D eigenvalue weighted by Gasteiger charge is -2.10. The van der Waals surface area contributed by atoms with E-state index < -0.39 is 10.9 Å². The third-order valence-corrected chi connectivity index (χ3v) is 5.59. The van der Waals surface area contributed by atoms with Gasteiger partial charge in [0.2, 0.25) is 5.88 Å². The molecular weight excluding hydrogens is 414 g/mol. The van der Waals surface area contributed by atoms with Crippen molar-refractivity contribution in [2.75, 3.05) is 0 Å². The van der Waals surface area contributed by atoms with E-state index in [1.807, 2.05) is 67.6 Å². The molecule has 0 bridgehead atoms. The molecule has 1 heterocycles. The summed E-state index contributed by atoms with van der Waals surface area (Å²) in [6.45, 7) is 1.84. The SMILES string of the molecule is Cc1nn(-c2ccccc2)c(OC(=O)c2cccc([N+](=O)[O-])c2)c1Sc1ccccc1. The fraction of sp³-hybridized carbons (Fsp3) is 0.0435. The van der Waals surface area contributed by atoms with E-state index >= 15 is 0 Å². The number of para-hydroxylation sites is 1. The minimum absolute atomic E-state index is 0.0864. The number of hydrogen-bond donors (Lipinski definition) is 0. The zero-order chi connectivity index (χ0) is 21.8. The second kappa shape index (κ2) is 8.85. The summed E-state index contributed by atoms with van der Waals surface area (Å²) < 4.78 is 7.33. The first-order valence-electron chi connectivity index (χ1n) is 9.37. The van der Waals surface area contributed by atoms with Crippen LogP contribution in [0.4, 0.5) is 5.69 Å². The molecule has 4 aromatic rings. The van der Waals surface area contributed by atoms with Gasteiger partial charge in [0.1, 0.15) is 0 Å². The molecule has 1 aromatic heterocycles. The molecule has 0 aliphatic rings. The second-order valence-electron chi connectivity index (χ2n) is 6.58. The second-order valence-corrected chi connectivity index (χ2v) is 7.66. The standard InChI is InChI=1S/C23H17N3O4S/c1-16-21(31-20-13-6-3-7-14-20)22(25(24-16)18-10-4-2-5-11-18)30-23(27)17-9-8-12-19(15-17)26(28)29/h2-15H,1H3. The number of aryl methyl sites for hydroxylation is 1. The van der Waals surface area contributed by atoms with Gasteiger partial charge in [-0.1, -0.05) is 54.2 Å². The first kappa shape index (κ1) is 20.4. The molecule has 0 spiro atoms. The Labute approximate surface area is 182 Å². The van der Waals surface area contributed by atoms with Gasteiger partial charge in [0.25, 0.3) is 5.69 Å². The number of rotatable bonds is 6. The zero-order valence-electron chi connectivity index (χ0n) is 16.5. The molecule has 31 heavy (non-hydrogen) atoms.